The molecule has 1 amide bonds. The van der Waals surface area contributed by atoms with E-state index in [-0.39, 0.29) is 34.8 Å². The molecule has 1 aliphatic heterocycles. The number of aromatic nitrogens is 1. The average Bonchev–Trinajstić information content (AvgIpc) is 3.23. The quantitative estimate of drug-likeness (QED) is 0.332. The fourth-order valence-corrected chi connectivity index (χ4v) is 5.08. The minimum atomic E-state index is -3.00. The van der Waals surface area contributed by atoms with E-state index in [2.05, 4.69) is 31.9 Å². The maximum atomic E-state index is 15.1. The lowest BCUT2D eigenvalue weighted by atomic mass is 10.0. The number of methoxy groups -OCH3 is 1. The number of nitrogens with one attached hydrogen (secondary N) is 1. The lowest BCUT2D eigenvalue weighted by molar-refractivity contribution is -0.0257. The number of likely N-dealkylation sites (N-methyl/N-ethyl adjacent to an activating group) is 1. The van der Waals surface area contributed by atoms with E-state index in [9.17, 15) is 9.18 Å². The van der Waals surface area contributed by atoms with Crippen LogP contribution in [-0.4, -0.2) is 74.2 Å². The molecule has 0 spiro atoms. The Kier molecular flexibility index (Phi) is 8.59. The highest BCUT2D eigenvalue weighted by molar-refractivity contribution is 6.04. The molecule has 214 valence electrons. The third-order valence-electron chi connectivity index (χ3n) is 7.33. The fraction of sp³-hybridized carbons (Fsp3) is 0.355. The van der Waals surface area contributed by atoms with Gasteiger partial charge in [-0.2, -0.15) is 0 Å². The summed E-state index contributed by atoms with van der Waals surface area (Å²) in [5.74, 6) is 1.92. The molecule has 1 saturated heterocycles. The summed E-state index contributed by atoms with van der Waals surface area (Å²) in [6.45, 7) is 3.90. The van der Waals surface area contributed by atoms with E-state index >= 15 is 8.78 Å². The maximum absolute atomic E-state index is 15.1. The molecule has 1 aromatic heterocycles. The van der Waals surface area contributed by atoms with Crippen LogP contribution in [0.1, 0.15) is 45.1 Å². The summed E-state index contributed by atoms with van der Waals surface area (Å²) in [4.78, 5) is 21.4. The number of carbonyl (C=O) groups excluding carboxylic acids is 1. The van der Waals surface area contributed by atoms with Gasteiger partial charge in [0.1, 0.15) is 18.2 Å². The first-order valence-corrected chi connectivity index (χ1v) is 13.4. The maximum Gasteiger partial charge on any atom is 0.275 e. The van der Waals surface area contributed by atoms with Gasteiger partial charge in [0.05, 0.1) is 18.4 Å². The molecule has 2 aromatic carbocycles. The van der Waals surface area contributed by atoms with Crippen molar-refractivity contribution in [2.75, 3.05) is 58.9 Å². The van der Waals surface area contributed by atoms with Crippen LogP contribution in [0.5, 0.6) is 5.75 Å². The number of piperazine rings is 1. The minimum absolute atomic E-state index is 0.0128. The van der Waals surface area contributed by atoms with Crippen LogP contribution < -0.4 is 10.1 Å². The van der Waals surface area contributed by atoms with Gasteiger partial charge in [-0.3, -0.25) is 14.7 Å². The van der Waals surface area contributed by atoms with E-state index in [4.69, 9.17) is 9.47 Å². The van der Waals surface area contributed by atoms with Gasteiger partial charge in [0, 0.05) is 74.3 Å². The van der Waals surface area contributed by atoms with Crippen molar-refractivity contribution in [3.8, 4) is 17.6 Å². The molecule has 1 N–H and O–H groups in total. The van der Waals surface area contributed by atoms with E-state index in [0.29, 0.717) is 30.1 Å². The fourth-order valence-electron chi connectivity index (χ4n) is 5.08. The molecule has 0 bridgehead atoms. The van der Waals surface area contributed by atoms with Crippen molar-refractivity contribution in [2.24, 2.45) is 0 Å². The number of ether oxygens (including phenoxy) is 2. The van der Waals surface area contributed by atoms with Crippen LogP contribution >= 0.6 is 0 Å². The topological polar surface area (TPSA) is 66.9 Å². The Morgan fingerprint density at radius 3 is 2.66 bits per heavy atom. The molecule has 5 rings (SSSR count). The largest absolute Gasteiger partial charge is 0.490 e. The van der Waals surface area contributed by atoms with Gasteiger partial charge in [-0.25, -0.2) is 13.2 Å². The van der Waals surface area contributed by atoms with Crippen molar-refractivity contribution in [2.45, 2.75) is 18.4 Å². The Morgan fingerprint density at radius 2 is 1.88 bits per heavy atom. The summed E-state index contributed by atoms with van der Waals surface area (Å²) in [5.41, 5.74) is 1.45. The molecule has 3 aromatic rings. The van der Waals surface area contributed by atoms with Crippen LogP contribution in [0.15, 0.2) is 54.9 Å². The number of fused-ring (bicyclic) bond motifs is 1. The number of amides is 1. The van der Waals surface area contributed by atoms with E-state index in [1.54, 1.807) is 25.3 Å². The second-order valence-corrected chi connectivity index (χ2v) is 10.2. The first-order chi connectivity index (χ1) is 19.7. The summed E-state index contributed by atoms with van der Waals surface area (Å²) < 4.78 is 55.1. The molecule has 1 fully saturated rings. The average molecular weight is 565 g/mol. The van der Waals surface area contributed by atoms with Crippen LogP contribution in [0.25, 0.3) is 0 Å². The van der Waals surface area contributed by atoms with E-state index in [1.165, 1.54) is 30.6 Å². The highest BCUT2D eigenvalue weighted by Gasteiger charge is 2.47. The van der Waals surface area contributed by atoms with Crippen molar-refractivity contribution >= 4 is 11.6 Å². The Morgan fingerprint density at radius 1 is 1.07 bits per heavy atom. The normalized spacial score (nSPS) is 18.3. The lowest BCUT2D eigenvalue weighted by Gasteiger charge is -2.36. The van der Waals surface area contributed by atoms with Gasteiger partial charge in [-0.15, -0.1) is 0 Å². The summed E-state index contributed by atoms with van der Waals surface area (Å²) in [7, 11) is 3.60. The summed E-state index contributed by atoms with van der Waals surface area (Å²) in [6, 6.07) is 9.79. The second kappa shape index (κ2) is 12.3. The predicted molar refractivity (Wildman–Crippen MR) is 149 cm³/mol. The second-order valence-electron chi connectivity index (χ2n) is 10.2. The van der Waals surface area contributed by atoms with Crippen LogP contribution in [-0.2, 0) is 10.7 Å². The summed E-state index contributed by atoms with van der Waals surface area (Å²) in [6.07, 6.45) is 2.78. The third kappa shape index (κ3) is 6.70. The number of hydrogen-bond acceptors (Lipinski definition) is 6. The van der Waals surface area contributed by atoms with E-state index in [0.717, 1.165) is 32.2 Å². The van der Waals surface area contributed by atoms with Crippen LogP contribution in [0.4, 0.5) is 18.9 Å². The molecular formula is C31H31F3N4O3. The highest BCUT2D eigenvalue weighted by atomic mass is 19.3. The number of pyridine rings is 1. The number of rotatable bonds is 7. The van der Waals surface area contributed by atoms with Gasteiger partial charge in [0.2, 0.25) is 0 Å². The number of alkyl halides is 2. The van der Waals surface area contributed by atoms with Crippen molar-refractivity contribution < 1.29 is 27.4 Å². The smallest absolute Gasteiger partial charge is 0.275 e. The number of halogens is 3. The number of benzene rings is 2. The predicted octanol–water partition coefficient (Wildman–Crippen LogP) is 4.68. The van der Waals surface area contributed by atoms with Crippen LogP contribution in [0.3, 0.4) is 0 Å². The summed E-state index contributed by atoms with van der Waals surface area (Å²) >= 11 is 0. The van der Waals surface area contributed by atoms with Gasteiger partial charge in [-0.1, -0.05) is 17.9 Å². The van der Waals surface area contributed by atoms with Gasteiger partial charge < -0.3 is 19.7 Å². The monoisotopic (exact) mass is 564 g/mol. The van der Waals surface area contributed by atoms with Gasteiger partial charge in [-0.05, 0) is 49.0 Å². The zero-order chi connectivity index (χ0) is 29.0. The first kappa shape index (κ1) is 28.6. The molecule has 10 heteroatoms. The first-order valence-electron chi connectivity index (χ1n) is 13.4. The van der Waals surface area contributed by atoms with Gasteiger partial charge in [0.15, 0.2) is 0 Å². The Hall–Kier alpha value is -3.91. The van der Waals surface area contributed by atoms with Crippen molar-refractivity contribution in [3.05, 3.63) is 88.5 Å². The van der Waals surface area contributed by atoms with E-state index in [1.807, 2.05) is 7.05 Å². The molecule has 0 saturated carbocycles. The van der Waals surface area contributed by atoms with Gasteiger partial charge in [0.25, 0.3) is 11.8 Å². The zero-order valence-corrected chi connectivity index (χ0v) is 22.9. The standard InChI is InChI=1S/C31H31F3N4O3/c1-37-9-11-38(12-10-37)29-18-31(33,34)27-17-24(6-7-26(27)29)36-30(39)23-5-8-28(32)22(16-23)4-3-21-15-25(20-35-19-21)41-14-13-40-2/h5-8,15-17,19-20,29H,9-14,18H2,1-2H3,(H,36,39)/t29-/m0/s1. The van der Waals surface area contributed by atoms with E-state index < -0.39 is 17.6 Å². The van der Waals surface area contributed by atoms with Crippen molar-refractivity contribution in [1.29, 1.82) is 0 Å². The van der Waals surface area contributed by atoms with Crippen molar-refractivity contribution in [3.63, 3.8) is 0 Å². The van der Waals surface area contributed by atoms with Crippen LogP contribution in [0.2, 0.25) is 0 Å². The molecule has 2 aliphatic rings. The molecule has 41 heavy (non-hydrogen) atoms. The molecule has 1 atom stereocenters. The lowest BCUT2D eigenvalue weighted by Crippen LogP contribution is -2.45. The number of carbonyl (C=O) groups is 1. The zero-order valence-electron chi connectivity index (χ0n) is 22.9. The van der Waals surface area contributed by atoms with Crippen LogP contribution in [0, 0.1) is 17.7 Å². The highest BCUT2D eigenvalue weighted by Crippen LogP contribution is 2.50. The number of nitrogens with zero attached hydrogens (tertiary/aromatic N) is 3. The Bertz CT molecular complexity index is 1480. The minimum Gasteiger partial charge on any atom is -0.490 e. The summed E-state index contributed by atoms with van der Waals surface area (Å²) in [5, 5.41) is 2.68. The molecular weight excluding hydrogens is 533 g/mol. The Balaban J connectivity index is 1.30. The molecule has 1 aliphatic carbocycles. The molecule has 0 radical (unpaired) electrons. The third-order valence-corrected chi connectivity index (χ3v) is 7.33. The van der Waals surface area contributed by atoms with Gasteiger partial charge >= 0.3 is 0 Å². The molecule has 0 unspecified atom stereocenters. The molecule has 7 nitrogen and oxygen atoms in total. The SMILES string of the molecule is COCCOc1cncc(C#Cc2cc(C(=O)Nc3ccc4c(c3)C(F)(F)C[C@@H]4N3CCN(C)CC3)ccc2F)c1. The number of hydrogen-bond donors (Lipinski definition) is 1. The molecule has 2 heterocycles. The number of anilines is 1. The Labute approximate surface area is 237 Å². The van der Waals surface area contributed by atoms with Crippen molar-refractivity contribution in [1.82, 2.24) is 14.8 Å².